The monoisotopic (exact) mass is 484 g/mol. The maximum Gasteiger partial charge on any atom is 0.146 e. The van der Waals surface area contributed by atoms with Crippen molar-refractivity contribution in [1.82, 2.24) is 4.90 Å². The number of piperazine rings is 1. The molecule has 0 bridgehead atoms. The molecule has 0 aromatic heterocycles. The molecule has 0 radical (unpaired) electrons. The van der Waals surface area contributed by atoms with Crippen molar-refractivity contribution in [3.05, 3.63) is 51.0 Å². The quantitative estimate of drug-likeness (QED) is 0.335. The summed E-state index contributed by atoms with van der Waals surface area (Å²) in [6.45, 7) is 9.41. The van der Waals surface area contributed by atoms with Gasteiger partial charge in [0.15, 0.2) is 0 Å². The Hall–Kier alpha value is -0.780. The third-order valence-corrected chi connectivity index (χ3v) is 7.90. The zero-order valence-corrected chi connectivity index (χ0v) is 20.5. The Morgan fingerprint density at radius 3 is 2.43 bits per heavy atom. The molecule has 0 aliphatic carbocycles. The fraction of sp³-hybridized carbons (Fsp3) is 0.478. The summed E-state index contributed by atoms with van der Waals surface area (Å²) >= 11 is 20.7. The molecule has 7 heteroatoms. The summed E-state index contributed by atoms with van der Waals surface area (Å²) in [5, 5.41) is 2.27. The highest BCUT2D eigenvalue weighted by atomic mass is 35.5. The first-order chi connectivity index (χ1) is 14.3. The summed E-state index contributed by atoms with van der Waals surface area (Å²) in [5.74, 6) is 2.03. The summed E-state index contributed by atoms with van der Waals surface area (Å²) in [7, 11) is 0. The Kier molecular flexibility index (Phi) is 7.01. The Labute approximate surface area is 198 Å². The van der Waals surface area contributed by atoms with Crippen molar-refractivity contribution in [2.75, 3.05) is 43.4 Å². The molecule has 0 unspecified atom stereocenters. The zero-order chi connectivity index (χ0) is 21.3. The smallest absolute Gasteiger partial charge is 0.146 e. The molecule has 1 fully saturated rings. The predicted octanol–water partition coefficient (Wildman–Crippen LogP) is 6.66. The van der Waals surface area contributed by atoms with Crippen LogP contribution in [0.25, 0.3) is 0 Å². The highest BCUT2D eigenvalue weighted by Gasteiger charge is 2.34. The van der Waals surface area contributed by atoms with E-state index in [4.69, 9.17) is 39.5 Å². The fourth-order valence-corrected chi connectivity index (χ4v) is 6.03. The van der Waals surface area contributed by atoms with Gasteiger partial charge in [0.05, 0.1) is 15.7 Å². The first-order valence-corrected chi connectivity index (χ1v) is 12.5. The van der Waals surface area contributed by atoms with Crippen molar-refractivity contribution in [3.8, 4) is 5.75 Å². The molecule has 0 atom stereocenters. The summed E-state index contributed by atoms with van der Waals surface area (Å²) in [6, 6.07) is 9.78. The number of rotatable bonds is 6. The van der Waals surface area contributed by atoms with Gasteiger partial charge >= 0.3 is 0 Å². The average molecular weight is 486 g/mol. The standard InChI is InChI=1S/C23H27Cl3N2OS/c1-23(2)15-16-13-17(24)14-20(21(16)29-23)28-10-8-27(9-11-28)7-4-12-30-22-18(25)5-3-6-19(22)26/h3,5-6,13-14H,4,7-12,15H2,1-2H3. The van der Waals surface area contributed by atoms with Gasteiger partial charge in [-0.3, -0.25) is 4.90 Å². The lowest BCUT2D eigenvalue weighted by Crippen LogP contribution is -2.46. The molecular formula is C23H27Cl3N2OS. The van der Waals surface area contributed by atoms with Gasteiger partial charge in [0.2, 0.25) is 0 Å². The normalized spacial score (nSPS) is 18.4. The van der Waals surface area contributed by atoms with Crippen LogP contribution in [0.1, 0.15) is 25.8 Å². The number of ether oxygens (including phenoxy) is 1. The molecule has 2 heterocycles. The van der Waals surface area contributed by atoms with Crippen LogP contribution in [0, 0.1) is 0 Å². The molecule has 0 saturated carbocycles. The number of anilines is 1. The second kappa shape index (κ2) is 9.38. The Balaban J connectivity index is 1.28. The van der Waals surface area contributed by atoms with Gasteiger partial charge in [-0.25, -0.2) is 0 Å². The highest BCUT2D eigenvalue weighted by molar-refractivity contribution is 7.99. The first-order valence-electron chi connectivity index (χ1n) is 10.4. The Morgan fingerprint density at radius 2 is 1.73 bits per heavy atom. The van der Waals surface area contributed by atoms with Crippen LogP contribution in [0.4, 0.5) is 5.69 Å². The summed E-state index contributed by atoms with van der Waals surface area (Å²) in [5.41, 5.74) is 2.21. The van der Waals surface area contributed by atoms with E-state index >= 15 is 0 Å². The largest absolute Gasteiger partial charge is 0.485 e. The Bertz CT molecular complexity index is 893. The van der Waals surface area contributed by atoms with E-state index in [0.29, 0.717) is 0 Å². The van der Waals surface area contributed by atoms with E-state index in [-0.39, 0.29) is 5.60 Å². The summed E-state index contributed by atoms with van der Waals surface area (Å²) in [4.78, 5) is 5.94. The van der Waals surface area contributed by atoms with Crippen LogP contribution in [-0.2, 0) is 6.42 Å². The first kappa shape index (κ1) is 22.4. The van der Waals surface area contributed by atoms with Crippen LogP contribution in [0.3, 0.4) is 0 Å². The van der Waals surface area contributed by atoms with Crippen molar-refractivity contribution in [2.24, 2.45) is 0 Å². The van der Waals surface area contributed by atoms with E-state index < -0.39 is 0 Å². The fourth-order valence-electron chi connectivity index (χ4n) is 4.18. The molecule has 1 saturated heterocycles. The SMILES string of the molecule is CC1(C)Cc2cc(Cl)cc(N3CCN(CCCSc4c(Cl)cccc4Cl)CC3)c2O1. The van der Waals surface area contributed by atoms with Gasteiger partial charge in [-0.2, -0.15) is 0 Å². The third kappa shape index (κ3) is 5.16. The molecule has 2 aliphatic rings. The van der Waals surface area contributed by atoms with E-state index in [0.717, 1.165) is 82.7 Å². The van der Waals surface area contributed by atoms with E-state index in [1.165, 1.54) is 5.56 Å². The molecule has 2 aromatic carbocycles. The van der Waals surface area contributed by atoms with Crippen LogP contribution >= 0.6 is 46.6 Å². The second-order valence-corrected chi connectivity index (χ2v) is 10.9. The van der Waals surface area contributed by atoms with E-state index in [9.17, 15) is 0 Å². The number of hydrogen-bond acceptors (Lipinski definition) is 4. The van der Waals surface area contributed by atoms with Crippen molar-refractivity contribution in [2.45, 2.75) is 37.2 Å². The van der Waals surface area contributed by atoms with Gasteiger partial charge in [0, 0.05) is 48.1 Å². The molecule has 0 N–H and O–H groups in total. The number of halogens is 3. The van der Waals surface area contributed by atoms with Gasteiger partial charge < -0.3 is 9.64 Å². The Morgan fingerprint density at radius 1 is 1.03 bits per heavy atom. The van der Waals surface area contributed by atoms with Crippen LogP contribution in [0.2, 0.25) is 15.1 Å². The van der Waals surface area contributed by atoms with Crippen molar-refractivity contribution in [3.63, 3.8) is 0 Å². The number of benzene rings is 2. The minimum atomic E-state index is -0.161. The van der Waals surface area contributed by atoms with E-state index in [2.05, 4.69) is 29.7 Å². The highest BCUT2D eigenvalue weighted by Crippen LogP contribution is 2.44. The molecule has 2 aromatic rings. The van der Waals surface area contributed by atoms with Crippen LogP contribution in [0.5, 0.6) is 5.75 Å². The molecule has 30 heavy (non-hydrogen) atoms. The maximum atomic E-state index is 6.41. The van der Waals surface area contributed by atoms with E-state index in [1.807, 2.05) is 24.3 Å². The third-order valence-electron chi connectivity index (χ3n) is 5.60. The number of thioether (sulfide) groups is 1. The molecule has 0 spiro atoms. The summed E-state index contributed by atoms with van der Waals surface area (Å²) < 4.78 is 6.26. The topological polar surface area (TPSA) is 15.7 Å². The van der Waals surface area contributed by atoms with Crippen molar-refractivity contribution in [1.29, 1.82) is 0 Å². The lowest BCUT2D eigenvalue weighted by atomic mass is 10.0. The molecule has 3 nitrogen and oxygen atoms in total. The van der Waals surface area contributed by atoms with Crippen LogP contribution in [0.15, 0.2) is 35.2 Å². The van der Waals surface area contributed by atoms with Crippen molar-refractivity contribution >= 4 is 52.3 Å². The molecule has 4 rings (SSSR count). The number of nitrogens with zero attached hydrogens (tertiary/aromatic N) is 2. The molecule has 162 valence electrons. The van der Waals surface area contributed by atoms with Gasteiger partial charge in [-0.05, 0) is 56.8 Å². The molecule has 2 aliphatic heterocycles. The van der Waals surface area contributed by atoms with Gasteiger partial charge in [0.25, 0.3) is 0 Å². The number of fused-ring (bicyclic) bond motifs is 1. The van der Waals surface area contributed by atoms with Crippen molar-refractivity contribution < 1.29 is 4.74 Å². The van der Waals surface area contributed by atoms with Crippen LogP contribution < -0.4 is 9.64 Å². The zero-order valence-electron chi connectivity index (χ0n) is 17.4. The maximum absolute atomic E-state index is 6.41. The summed E-state index contributed by atoms with van der Waals surface area (Å²) in [6.07, 6.45) is 2.01. The average Bonchev–Trinajstić information content (AvgIpc) is 3.00. The lowest BCUT2D eigenvalue weighted by molar-refractivity contribution is 0.138. The molecule has 0 amide bonds. The van der Waals surface area contributed by atoms with Gasteiger partial charge in [0.1, 0.15) is 11.4 Å². The minimum Gasteiger partial charge on any atom is -0.485 e. The lowest BCUT2D eigenvalue weighted by Gasteiger charge is -2.37. The predicted molar refractivity (Wildman–Crippen MR) is 130 cm³/mol. The van der Waals surface area contributed by atoms with Gasteiger partial charge in [-0.1, -0.05) is 40.9 Å². The van der Waals surface area contributed by atoms with Gasteiger partial charge in [-0.15, -0.1) is 11.8 Å². The second-order valence-electron chi connectivity index (χ2n) is 8.53. The minimum absolute atomic E-state index is 0.161. The van der Waals surface area contributed by atoms with E-state index in [1.54, 1.807) is 11.8 Å². The molecular weight excluding hydrogens is 459 g/mol. The van der Waals surface area contributed by atoms with Crippen LogP contribution in [-0.4, -0.2) is 49.0 Å². The number of hydrogen-bond donors (Lipinski definition) is 0.